The molecule has 0 N–H and O–H groups in total. The highest BCUT2D eigenvalue weighted by molar-refractivity contribution is 9.10. The van der Waals surface area contributed by atoms with Gasteiger partial charge in [-0.05, 0) is 54.0 Å². The topological polar surface area (TPSA) is 26.3 Å². The van der Waals surface area contributed by atoms with E-state index in [0.29, 0.717) is 17.2 Å². The number of ether oxygens (including phenoxy) is 1. The number of rotatable bonds is 4. The zero-order chi connectivity index (χ0) is 11.5. The van der Waals surface area contributed by atoms with Gasteiger partial charge < -0.3 is 4.74 Å². The Bertz CT molecular complexity index is 346. The number of carbonyl (C=O) groups excluding carboxylic acids is 1. The highest BCUT2D eigenvalue weighted by atomic mass is 79.9. The second-order valence-electron chi connectivity index (χ2n) is 3.54. The number of halogens is 2. The van der Waals surface area contributed by atoms with Crippen LogP contribution in [0, 0.1) is 0 Å². The monoisotopic (exact) mass is 290 g/mol. The summed E-state index contributed by atoms with van der Waals surface area (Å²) in [6.07, 6.45) is 0.315. The van der Waals surface area contributed by atoms with Crippen molar-refractivity contribution in [2.24, 2.45) is 0 Å². The highest BCUT2D eigenvalue weighted by Crippen LogP contribution is 2.27. The van der Waals surface area contributed by atoms with Gasteiger partial charge in [0.15, 0.2) is 4.51 Å². The maximum atomic E-state index is 11.0. The average molecular weight is 292 g/mol. The first kappa shape index (κ1) is 12.5. The predicted molar refractivity (Wildman–Crippen MR) is 64.7 cm³/mol. The van der Waals surface area contributed by atoms with Gasteiger partial charge in [0.05, 0.1) is 6.42 Å². The third-order valence-corrected chi connectivity index (χ3v) is 2.40. The van der Waals surface area contributed by atoms with Crippen LogP contribution in [0.5, 0.6) is 5.75 Å². The smallest absolute Gasteiger partial charge is 0.167 e. The van der Waals surface area contributed by atoms with E-state index in [-0.39, 0.29) is 5.78 Å². The quantitative estimate of drug-likeness (QED) is 0.789. The van der Waals surface area contributed by atoms with E-state index in [0.717, 1.165) is 0 Å². The van der Waals surface area contributed by atoms with E-state index in [1.807, 2.05) is 6.92 Å². The summed E-state index contributed by atoms with van der Waals surface area (Å²) in [7, 11) is 0. The molecule has 0 amide bonds. The largest absolute Gasteiger partial charge is 0.476 e. The Hall–Kier alpha value is -0.540. The van der Waals surface area contributed by atoms with Gasteiger partial charge in [-0.15, -0.1) is 0 Å². The van der Waals surface area contributed by atoms with Crippen molar-refractivity contribution in [3.05, 3.63) is 29.3 Å². The number of hydrogen-bond donors (Lipinski definition) is 0. The Balaban J connectivity index is 2.68. The van der Waals surface area contributed by atoms with Crippen molar-refractivity contribution in [3.63, 3.8) is 0 Å². The fourth-order valence-corrected chi connectivity index (χ4v) is 1.94. The summed E-state index contributed by atoms with van der Waals surface area (Å²) in [5.41, 5.74) is 0. The SMILES string of the molecule is CC(=O)CC(C)(Br)Oc1ccc(Cl)cc1. The van der Waals surface area contributed by atoms with Gasteiger partial charge in [-0.1, -0.05) is 11.6 Å². The molecule has 15 heavy (non-hydrogen) atoms. The molecular formula is C11H12BrClO2. The lowest BCUT2D eigenvalue weighted by molar-refractivity contribution is -0.118. The number of ketones is 1. The van der Waals surface area contributed by atoms with Crippen LogP contribution in [0.15, 0.2) is 24.3 Å². The Morgan fingerprint density at radius 1 is 1.47 bits per heavy atom. The van der Waals surface area contributed by atoms with Crippen molar-refractivity contribution >= 4 is 33.3 Å². The third-order valence-electron chi connectivity index (χ3n) is 1.71. The Morgan fingerprint density at radius 3 is 2.47 bits per heavy atom. The minimum Gasteiger partial charge on any atom is -0.476 e. The maximum absolute atomic E-state index is 11.0. The van der Waals surface area contributed by atoms with Crippen molar-refractivity contribution in [3.8, 4) is 5.75 Å². The Morgan fingerprint density at radius 2 is 2.00 bits per heavy atom. The van der Waals surface area contributed by atoms with E-state index in [2.05, 4.69) is 15.9 Å². The van der Waals surface area contributed by atoms with Crippen LogP contribution in [-0.2, 0) is 4.79 Å². The van der Waals surface area contributed by atoms with Gasteiger partial charge in [-0.3, -0.25) is 4.79 Å². The minimum atomic E-state index is -0.660. The Labute approximate surface area is 103 Å². The van der Waals surface area contributed by atoms with E-state index in [9.17, 15) is 4.79 Å². The summed E-state index contributed by atoms with van der Waals surface area (Å²) in [6.45, 7) is 3.34. The molecule has 0 radical (unpaired) electrons. The molecule has 1 aromatic carbocycles. The normalized spacial score (nSPS) is 14.4. The molecule has 0 bridgehead atoms. The summed E-state index contributed by atoms with van der Waals surface area (Å²) in [5, 5.41) is 0.658. The molecule has 0 heterocycles. The van der Waals surface area contributed by atoms with Crippen LogP contribution >= 0.6 is 27.5 Å². The van der Waals surface area contributed by atoms with Gasteiger partial charge in [0.25, 0.3) is 0 Å². The van der Waals surface area contributed by atoms with Gasteiger partial charge in [0.1, 0.15) is 11.5 Å². The number of hydrogen-bond acceptors (Lipinski definition) is 2. The summed E-state index contributed by atoms with van der Waals surface area (Å²) >= 11 is 9.11. The standard InChI is InChI=1S/C11H12BrClO2/c1-8(14)7-11(2,12)15-10-5-3-9(13)4-6-10/h3-6H,7H2,1-2H3. The summed E-state index contributed by atoms with van der Waals surface area (Å²) < 4.78 is 4.94. The molecule has 1 aromatic rings. The number of alkyl halides is 1. The molecule has 1 unspecified atom stereocenters. The molecule has 2 nitrogen and oxygen atoms in total. The molecule has 0 saturated heterocycles. The zero-order valence-electron chi connectivity index (χ0n) is 8.59. The Kier molecular flexibility index (Phi) is 4.17. The summed E-state index contributed by atoms with van der Waals surface area (Å²) in [6, 6.07) is 7.02. The van der Waals surface area contributed by atoms with Crippen molar-refractivity contribution in [2.75, 3.05) is 0 Å². The molecule has 0 aromatic heterocycles. The molecule has 0 fully saturated rings. The minimum absolute atomic E-state index is 0.0725. The van der Waals surface area contributed by atoms with Crippen molar-refractivity contribution in [1.82, 2.24) is 0 Å². The van der Waals surface area contributed by atoms with Crippen LogP contribution in [0.3, 0.4) is 0 Å². The predicted octanol–water partition coefficient (Wildman–Crippen LogP) is 3.81. The van der Waals surface area contributed by atoms with Gasteiger partial charge >= 0.3 is 0 Å². The van der Waals surface area contributed by atoms with E-state index < -0.39 is 4.51 Å². The third kappa shape index (κ3) is 4.67. The average Bonchev–Trinajstić information content (AvgIpc) is 2.06. The number of benzene rings is 1. The van der Waals surface area contributed by atoms with E-state index in [1.165, 1.54) is 6.92 Å². The van der Waals surface area contributed by atoms with Gasteiger partial charge in [-0.25, -0.2) is 0 Å². The van der Waals surface area contributed by atoms with Crippen molar-refractivity contribution < 1.29 is 9.53 Å². The second-order valence-corrected chi connectivity index (χ2v) is 5.65. The van der Waals surface area contributed by atoms with Gasteiger partial charge in [0, 0.05) is 5.02 Å². The van der Waals surface area contributed by atoms with Crippen molar-refractivity contribution in [2.45, 2.75) is 24.8 Å². The first-order valence-electron chi connectivity index (χ1n) is 4.52. The lowest BCUT2D eigenvalue weighted by Gasteiger charge is -2.23. The lowest BCUT2D eigenvalue weighted by Crippen LogP contribution is -2.26. The van der Waals surface area contributed by atoms with Crippen LogP contribution in [0.2, 0.25) is 5.02 Å². The second kappa shape index (κ2) is 4.99. The molecule has 0 spiro atoms. The van der Waals surface area contributed by atoms with Crippen molar-refractivity contribution in [1.29, 1.82) is 0 Å². The van der Waals surface area contributed by atoms with Crippen LogP contribution in [0.4, 0.5) is 0 Å². The van der Waals surface area contributed by atoms with Crippen LogP contribution in [0.25, 0.3) is 0 Å². The zero-order valence-corrected chi connectivity index (χ0v) is 10.9. The first-order valence-corrected chi connectivity index (χ1v) is 5.69. The number of Topliss-reactive ketones (excluding diaryl/α,β-unsaturated/α-hetero) is 1. The summed E-state index contributed by atoms with van der Waals surface area (Å²) in [5.74, 6) is 0.753. The van der Waals surface area contributed by atoms with Gasteiger partial charge in [0.2, 0.25) is 0 Å². The molecule has 0 saturated carbocycles. The fourth-order valence-electron chi connectivity index (χ4n) is 1.23. The highest BCUT2D eigenvalue weighted by Gasteiger charge is 2.24. The molecular weight excluding hydrogens is 279 g/mol. The molecule has 0 aliphatic heterocycles. The number of carbonyl (C=O) groups is 1. The molecule has 0 aliphatic carbocycles. The van der Waals surface area contributed by atoms with E-state index >= 15 is 0 Å². The van der Waals surface area contributed by atoms with E-state index in [4.69, 9.17) is 16.3 Å². The lowest BCUT2D eigenvalue weighted by atomic mass is 10.2. The summed E-state index contributed by atoms with van der Waals surface area (Å²) in [4.78, 5) is 11.0. The van der Waals surface area contributed by atoms with Crippen LogP contribution < -0.4 is 4.74 Å². The molecule has 1 rings (SSSR count). The fraction of sp³-hybridized carbons (Fsp3) is 0.364. The first-order chi connectivity index (χ1) is 6.89. The molecule has 1 atom stereocenters. The molecule has 0 aliphatic rings. The van der Waals surface area contributed by atoms with E-state index in [1.54, 1.807) is 24.3 Å². The molecule has 82 valence electrons. The maximum Gasteiger partial charge on any atom is 0.167 e. The molecule has 4 heteroatoms. The van der Waals surface area contributed by atoms with Crippen LogP contribution in [0.1, 0.15) is 20.3 Å². The van der Waals surface area contributed by atoms with Gasteiger partial charge in [-0.2, -0.15) is 0 Å². The van der Waals surface area contributed by atoms with Crippen LogP contribution in [-0.4, -0.2) is 10.3 Å².